The standard InChI is InChI=1S/C18H26N4O2S/c1-3-12(2)20-16(23)8-19-18(25)21-9-13-7-14(11-21)15-5-4-6-17(24)22(15)10-13/h4-6,12-14H,3,7-11H2,1-2H3,(H,19,25)(H,20,23)/t12-,13-,14+/m1/s1. The third kappa shape index (κ3) is 4.03. The van der Waals surface area contributed by atoms with E-state index in [1.165, 1.54) is 0 Å². The number of likely N-dealkylation sites (tertiary alicyclic amines) is 1. The molecule has 2 aliphatic heterocycles. The monoisotopic (exact) mass is 362 g/mol. The molecule has 3 rings (SSSR count). The second-order valence-electron chi connectivity index (χ2n) is 7.14. The Kier molecular flexibility index (Phi) is 5.42. The number of pyridine rings is 1. The summed E-state index contributed by atoms with van der Waals surface area (Å²) in [5, 5.41) is 6.64. The average molecular weight is 362 g/mol. The molecule has 2 bridgehead atoms. The summed E-state index contributed by atoms with van der Waals surface area (Å²) in [4.78, 5) is 26.1. The smallest absolute Gasteiger partial charge is 0.250 e. The van der Waals surface area contributed by atoms with Gasteiger partial charge in [0.05, 0.1) is 6.54 Å². The van der Waals surface area contributed by atoms with E-state index in [1.54, 1.807) is 6.07 Å². The normalized spacial score (nSPS) is 22.7. The average Bonchev–Trinajstić information content (AvgIpc) is 2.60. The quantitative estimate of drug-likeness (QED) is 0.784. The first-order valence-electron chi connectivity index (χ1n) is 8.99. The van der Waals surface area contributed by atoms with E-state index in [0.29, 0.717) is 16.9 Å². The van der Waals surface area contributed by atoms with Gasteiger partial charge in [0.25, 0.3) is 5.56 Å². The topological polar surface area (TPSA) is 66.4 Å². The molecule has 0 unspecified atom stereocenters. The summed E-state index contributed by atoms with van der Waals surface area (Å²) in [5.41, 5.74) is 1.19. The summed E-state index contributed by atoms with van der Waals surface area (Å²) in [5.74, 6) is 0.695. The second-order valence-corrected chi connectivity index (χ2v) is 7.53. The van der Waals surface area contributed by atoms with Gasteiger partial charge in [-0.2, -0.15) is 0 Å². The molecule has 2 N–H and O–H groups in total. The highest BCUT2D eigenvalue weighted by Gasteiger charge is 2.35. The van der Waals surface area contributed by atoms with Crippen LogP contribution in [0.4, 0.5) is 0 Å². The van der Waals surface area contributed by atoms with Gasteiger partial charge >= 0.3 is 0 Å². The van der Waals surface area contributed by atoms with Gasteiger partial charge in [0.1, 0.15) is 0 Å². The number of nitrogens with zero attached hydrogens (tertiary/aromatic N) is 2. The first-order chi connectivity index (χ1) is 12.0. The van der Waals surface area contributed by atoms with Gasteiger partial charge in [0, 0.05) is 43.4 Å². The van der Waals surface area contributed by atoms with Crippen molar-refractivity contribution in [2.75, 3.05) is 19.6 Å². The van der Waals surface area contributed by atoms with Crippen LogP contribution in [0.25, 0.3) is 0 Å². The number of nitrogens with one attached hydrogen (secondary N) is 2. The number of amides is 1. The minimum absolute atomic E-state index is 0.0363. The number of hydrogen-bond acceptors (Lipinski definition) is 3. The van der Waals surface area contributed by atoms with Crippen molar-refractivity contribution < 1.29 is 4.79 Å². The Morgan fingerprint density at radius 1 is 1.36 bits per heavy atom. The maximum absolute atomic E-state index is 12.1. The Balaban J connectivity index is 1.60. The Morgan fingerprint density at radius 2 is 2.16 bits per heavy atom. The molecule has 0 saturated carbocycles. The van der Waals surface area contributed by atoms with Crippen molar-refractivity contribution in [1.82, 2.24) is 20.1 Å². The van der Waals surface area contributed by atoms with Gasteiger partial charge in [-0.15, -0.1) is 0 Å². The van der Waals surface area contributed by atoms with Crippen molar-refractivity contribution in [3.05, 3.63) is 34.2 Å². The highest BCUT2D eigenvalue weighted by atomic mass is 32.1. The fourth-order valence-corrected chi connectivity index (χ4v) is 3.98. The molecule has 1 aromatic heterocycles. The van der Waals surface area contributed by atoms with Crippen LogP contribution in [-0.2, 0) is 11.3 Å². The predicted molar refractivity (Wildman–Crippen MR) is 102 cm³/mol. The lowest BCUT2D eigenvalue weighted by molar-refractivity contribution is -0.120. The van der Waals surface area contributed by atoms with Crippen LogP contribution in [-0.4, -0.2) is 46.2 Å². The zero-order valence-electron chi connectivity index (χ0n) is 14.8. The molecule has 6 nitrogen and oxygen atoms in total. The predicted octanol–water partition coefficient (Wildman–Crippen LogP) is 1.06. The SMILES string of the molecule is CC[C@@H](C)NC(=O)CNC(=S)N1C[C@H]2C[C@@H](C1)c1cccc(=O)n1C2. The van der Waals surface area contributed by atoms with E-state index in [4.69, 9.17) is 12.2 Å². The van der Waals surface area contributed by atoms with Gasteiger partial charge < -0.3 is 20.1 Å². The number of hydrogen-bond donors (Lipinski definition) is 2. The van der Waals surface area contributed by atoms with E-state index in [1.807, 2.05) is 30.5 Å². The van der Waals surface area contributed by atoms with E-state index in [2.05, 4.69) is 15.5 Å². The molecule has 0 radical (unpaired) electrons. The van der Waals surface area contributed by atoms with Gasteiger partial charge in [-0.05, 0) is 44.0 Å². The fraction of sp³-hybridized carbons (Fsp3) is 0.611. The molecule has 7 heteroatoms. The van der Waals surface area contributed by atoms with Gasteiger partial charge in [-0.1, -0.05) is 13.0 Å². The summed E-state index contributed by atoms with van der Waals surface area (Å²) in [7, 11) is 0. The van der Waals surface area contributed by atoms with E-state index in [9.17, 15) is 9.59 Å². The second kappa shape index (κ2) is 7.56. The van der Waals surface area contributed by atoms with Crippen molar-refractivity contribution in [3.8, 4) is 0 Å². The van der Waals surface area contributed by atoms with Crippen LogP contribution in [0.15, 0.2) is 23.0 Å². The molecule has 3 heterocycles. The maximum atomic E-state index is 12.1. The van der Waals surface area contributed by atoms with Gasteiger partial charge in [0.2, 0.25) is 5.91 Å². The van der Waals surface area contributed by atoms with Crippen LogP contribution in [0.5, 0.6) is 0 Å². The zero-order valence-corrected chi connectivity index (χ0v) is 15.6. The number of carbonyl (C=O) groups excluding carboxylic acids is 1. The first-order valence-corrected chi connectivity index (χ1v) is 9.40. The Hall–Kier alpha value is -1.89. The molecule has 1 aromatic rings. The molecule has 25 heavy (non-hydrogen) atoms. The molecule has 1 saturated heterocycles. The third-order valence-electron chi connectivity index (χ3n) is 5.19. The van der Waals surface area contributed by atoms with E-state index in [-0.39, 0.29) is 24.1 Å². The fourth-order valence-electron chi connectivity index (χ4n) is 3.76. The molecule has 2 aliphatic rings. The largest absolute Gasteiger partial charge is 0.354 e. The third-order valence-corrected chi connectivity index (χ3v) is 5.59. The van der Waals surface area contributed by atoms with Crippen molar-refractivity contribution >= 4 is 23.2 Å². The molecule has 0 aromatic carbocycles. The van der Waals surface area contributed by atoms with E-state index >= 15 is 0 Å². The highest BCUT2D eigenvalue weighted by molar-refractivity contribution is 7.80. The van der Waals surface area contributed by atoms with Crippen molar-refractivity contribution in [2.24, 2.45) is 5.92 Å². The summed E-state index contributed by atoms with van der Waals surface area (Å²) in [6, 6.07) is 5.68. The van der Waals surface area contributed by atoms with Gasteiger partial charge in [-0.3, -0.25) is 9.59 Å². The number of rotatable bonds is 4. The summed E-state index contributed by atoms with van der Waals surface area (Å²) < 4.78 is 1.91. The Bertz CT molecular complexity index is 717. The van der Waals surface area contributed by atoms with Gasteiger partial charge in [-0.25, -0.2) is 0 Å². The maximum Gasteiger partial charge on any atom is 0.250 e. The number of fused-ring (bicyclic) bond motifs is 4. The molecule has 0 spiro atoms. The summed E-state index contributed by atoms with van der Waals surface area (Å²) in [6.07, 6.45) is 2.00. The molecule has 0 aliphatic carbocycles. The van der Waals surface area contributed by atoms with Crippen molar-refractivity contribution in [3.63, 3.8) is 0 Å². The lowest BCUT2D eigenvalue weighted by atomic mass is 9.83. The molecular formula is C18H26N4O2S. The molecular weight excluding hydrogens is 336 g/mol. The van der Waals surface area contributed by atoms with Crippen LogP contribution >= 0.6 is 12.2 Å². The van der Waals surface area contributed by atoms with Crippen molar-refractivity contribution in [2.45, 2.75) is 45.2 Å². The number of thiocarbonyl (C=S) groups is 1. The molecule has 1 amide bonds. The van der Waals surface area contributed by atoms with Crippen LogP contribution in [0.2, 0.25) is 0 Å². The van der Waals surface area contributed by atoms with E-state index in [0.717, 1.165) is 38.2 Å². The van der Waals surface area contributed by atoms with Crippen LogP contribution in [0.1, 0.15) is 38.3 Å². The van der Waals surface area contributed by atoms with Crippen LogP contribution in [0.3, 0.4) is 0 Å². The van der Waals surface area contributed by atoms with Gasteiger partial charge in [0.15, 0.2) is 5.11 Å². The minimum Gasteiger partial charge on any atom is -0.354 e. The molecule has 136 valence electrons. The summed E-state index contributed by atoms with van der Waals surface area (Å²) in [6.45, 7) is 6.60. The Morgan fingerprint density at radius 3 is 2.92 bits per heavy atom. The Labute approximate surface area is 153 Å². The van der Waals surface area contributed by atoms with Crippen LogP contribution in [0, 0.1) is 5.92 Å². The molecule has 3 atom stereocenters. The van der Waals surface area contributed by atoms with Crippen molar-refractivity contribution in [1.29, 1.82) is 0 Å². The lowest BCUT2D eigenvalue weighted by Gasteiger charge is -2.43. The molecule has 1 fully saturated rings. The highest BCUT2D eigenvalue weighted by Crippen LogP contribution is 2.34. The van der Waals surface area contributed by atoms with Crippen LogP contribution < -0.4 is 16.2 Å². The lowest BCUT2D eigenvalue weighted by Crippen LogP contribution is -2.53. The summed E-state index contributed by atoms with van der Waals surface area (Å²) >= 11 is 5.50. The number of carbonyl (C=O) groups is 1. The first kappa shape index (κ1) is 17.9. The van der Waals surface area contributed by atoms with E-state index < -0.39 is 0 Å². The number of aromatic nitrogens is 1. The minimum atomic E-state index is -0.0363. The zero-order chi connectivity index (χ0) is 18.0. The number of piperidine rings is 1.